The molecule has 0 aliphatic carbocycles. The van der Waals surface area contributed by atoms with E-state index >= 15 is 0 Å². The molecule has 0 fully saturated rings. The molecule has 0 unspecified atom stereocenters. The van der Waals surface area contributed by atoms with Gasteiger partial charge in [0.05, 0.1) is 6.54 Å². The summed E-state index contributed by atoms with van der Waals surface area (Å²) < 4.78 is 0. The second kappa shape index (κ2) is 6.96. The van der Waals surface area contributed by atoms with E-state index in [1.54, 1.807) is 0 Å². The molecular weight excluding hydrogens is 236 g/mol. The minimum absolute atomic E-state index is 0.0528. The van der Waals surface area contributed by atoms with E-state index in [0.717, 1.165) is 11.1 Å². The van der Waals surface area contributed by atoms with Gasteiger partial charge in [0.15, 0.2) is 0 Å². The molecule has 0 heterocycles. The van der Waals surface area contributed by atoms with Crippen LogP contribution in [0.15, 0.2) is 18.2 Å². The van der Waals surface area contributed by atoms with E-state index in [1.807, 2.05) is 50.8 Å². The van der Waals surface area contributed by atoms with Crippen LogP contribution in [0.4, 0.5) is 0 Å². The Morgan fingerprint density at radius 2 is 2.05 bits per heavy atom. The average Bonchev–Trinajstić information content (AvgIpc) is 2.36. The van der Waals surface area contributed by atoms with Gasteiger partial charge in [0.25, 0.3) is 5.91 Å². The third-order valence-electron chi connectivity index (χ3n) is 2.88. The molecule has 0 aromatic heterocycles. The molecule has 1 aromatic carbocycles. The van der Waals surface area contributed by atoms with E-state index in [2.05, 4.69) is 11.8 Å². The van der Waals surface area contributed by atoms with Gasteiger partial charge in [0.1, 0.15) is 0 Å². The molecule has 0 aliphatic heterocycles. The summed E-state index contributed by atoms with van der Waals surface area (Å²) in [6.07, 6.45) is 0. The Bertz CT molecular complexity index is 509. The van der Waals surface area contributed by atoms with Gasteiger partial charge >= 0.3 is 0 Å². The van der Waals surface area contributed by atoms with Crippen molar-refractivity contribution in [2.45, 2.75) is 33.7 Å². The highest BCUT2D eigenvalue weighted by atomic mass is 16.2. The first-order chi connectivity index (χ1) is 8.99. The topological polar surface area (TPSA) is 46.3 Å². The van der Waals surface area contributed by atoms with Gasteiger partial charge in [-0.15, -0.1) is 0 Å². The minimum atomic E-state index is 0.0528. The van der Waals surface area contributed by atoms with Crippen molar-refractivity contribution in [2.24, 2.45) is 5.73 Å². The Morgan fingerprint density at radius 3 is 2.58 bits per heavy atom. The number of aryl methyl sites for hydroxylation is 1. The van der Waals surface area contributed by atoms with Crippen LogP contribution in [0, 0.1) is 18.8 Å². The van der Waals surface area contributed by atoms with Gasteiger partial charge in [-0.2, -0.15) is 0 Å². The zero-order chi connectivity index (χ0) is 14.4. The predicted octanol–water partition coefficient (Wildman–Crippen LogP) is 2.18. The first kappa shape index (κ1) is 15.3. The van der Waals surface area contributed by atoms with Gasteiger partial charge < -0.3 is 10.6 Å². The van der Waals surface area contributed by atoms with Crippen LogP contribution in [-0.4, -0.2) is 29.9 Å². The van der Waals surface area contributed by atoms with Gasteiger partial charge in [-0.1, -0.05) is 11.8 Å². The smallest absolute Gasteiger partial charge is 0.254 e. The number of hydrogen-bond acceptors (Lipinski definition) is 2. The molecule has 0 radical (unpaired) electrons. The van der Waals surface area contributed by atoms with Crippen molar-refractivity contribution in [3.63, 3.8) is 0 Å². The van der Waals surface area contributed by atoms with Crippen molar-refractivity contribution in [3.8, 4) is 11.8 Å². The van der Waals surface area contributed by atoms with Crippen LogP contribution in [-0.2, 0) is 0 Å². The van der Waals surface area contributed by atoms with Gasteiger partial charge in [-0.3, -0.25) is 4.79 Å². The number of hydrogen-bond donors (Lipinski definition) is 1. The Labute approximate surface area is 115 Å². The maximum atomic E-state index is 12.4. The number of nitrogens with two attached hydrogens (primary N) is 1. The molecule has 0 saturated carbocycles. The van der Waals surface area contributed by atoms with E-state index in [9.17, 15) is 4.79 Å². The molecular formula is C16H22N2O. The summed E-state index contributed by atoms with van der Waals surface area (Å²) in [6, 6.07) is 5.89. The third kappa shape index (κ3) is 4.11. The van der Waals surface area contributed by atoms with Crippen LogP contribution in [0.5, 0.6) is 0 Å². The number of carbonyl (C=O) groups is 1. The van der Waals surface area contributed by atoms with E-state index in [-0.39, 0.29) is 11.9 Å². The monoisotopic (exact) mass is 258 g/mol. The summed E-state index contributed by atoms with van der Waals surface area (Å²) in [5.41, 5.74) is 7.94. The van der Waals surface area contributed by atoms with E-state index < -0.39 is 0 Å². The molecule has 0 saturated heterocycles. The van der Waals surface area contributed by atoms with Crippen LogP contribution in [0.1, 0.15) is 42.3 Å². The third-order valence-corrected chi connectivity index (χ3v) is 2.88. The number of benzene rings is 1. The van der Waals surface area contributed by atoms with Crippen molar-refractivity contribution >= 4 is 5.91 Å². The predicted molar refractivity (Wildman–Crippen MR) is 79.0 cm³/mol. The quantitative estimate of drug-likeness (QED) is 0.845. The molecule has 1 aromatic rings. The van der Waals surface area contributed by atoms with Crippen LogP contribution in [0.25, 0.3) is 0 Å². The molecule has 1 amide bonds. The minimum Gasteiger partial charge on any atom is -0.337 e. The first-order valence-electron chi connectivity index (χ1n) is 6.61. The van der Waals surface area contributed by atoms with Gasteiger partial charge in [-0.05, 0) is 51.5 Å². The summed E-state index contributed by atoms with van der Waals surface area (Å²) in [5, 5.41) is 0. The summed E-state index contributed by atoms with van der Waals surface area (Å²) >= 11 is 0. The normalized spacial score (nSPS) is 10.0. The van der Waals surface area contributed by atoms with Crippen LogP contribution < -0.4 is 5.73 Å². The van der Waals surface area contributed by atoms with Crippen LogP contribution >= 0.6 is 0 Å². The maximum Gasteiger partial charge on any atom is 0.254 e. The van der Waals surface area contributed by atoms with Gasteiger partial charge in [0, 0.05) is 23.7 Å². The molecule has 0 bridgehead atoms. The fourth-order valence-electron chi connectivity index (χ4n) is 2.04. The molecule has 0 spiro atoms. The lowest BCUT2D eigenvalue weighted by Gasteiger charge is -2.25. The summed E-state index contributed by atoms with van der Waals surface area (Å²) in [6.45, 7) is 9.02. The Hall–Kier alpha value is -1.79. The summed E-state index contributed by atoms with van der Waals surface area (Å²) in [5.74, 6) is 5.85. The first-order valence-corrected chi connectivity index (χ1v) is 6.61. The molecule has 1 rings (SSSR count). The van der Waals surface area contributed by atoms with Crippen LogP contribution in [0.2, 0.25) is 0 Å². The van der Waals surface area contributed by atoms with Crippen molar-refractivity contribution < 1.29 is 4.79 Å². The van der Waals surface area contributed by atoms with Crippen molar-refractivity contribution in [2.75, 3.05) is 13.1 Å². The fourth-order valence-corrected chi connectivity index (χ4v) is 2.04. The fraction of sp³-hybridized carbons (Fsp3) is 0.438. The second-order valence-electron chi connectivity index (χ2n) is 4.78. The number of carbonyl (C=O) groups excluding carboxylic acids is 1. The average molecular weight is 258 g/mol. The zero-order valence-corrected chi connectivity index (χ0v) is 12.2. The molecule has 0 aliphatic rings. The number of nitrogens with zero attached hydrogens (tertiary/aromatic N) is 1. The number of rotatable bonds is 3. The SMILES string of the molecule is CCN(C(=O)c1cc(C)cc(C#CCN)c1)C(C)C. The number of amides is 1. The van der Waals surface area contributed by atoms with Crippen LogP contribution in [0.3, 0.4) is 0 Å². The lowest BCUT2D eigenvalue weighted by atomic mass is 10.0. The molecule has 0 atom stereocenters. The van der Waals surface area contributed by atoms with Crippen molar-refractivity contribution in [3.05, 3.63) is 34.9 Å². The lowest BCUT2D eigenvalue weighted by molar-refractivity contribution is 0.0717. The van der Waals surface area contributed by atoms with Gasteiger partial charge in [-0.25, -0.2) is 0 Å². The molecule has 19 heavy (non-hydrogen) atoms. The van der Waals surface area contributed by atoms with E-state index in [4.69, 9.17) is 5.73 Å². The van der Waals surface area contributed by atoms with Crippen molar-refractivity contribution in [1.82, 2.24) is 4.90 Å². The van der Waals surface area contributed by atoms with E-state index in [0.29, 0.717) is 18.7 Å². The standard InChI is InChI=1S/C16H22N2O/c1-5-18(12(2)3)16(19)15-10-13(4)9-14(11-15)7-6-8-17/h9-12H,5,8,17H2,1-4H3. The second-order valence-corrected chi connectivity index (χ2v) is 4.78. The van der Waals surface area contributed by atoms with Crippen molar-refractivity contribution in [1.29, 1.82) is 0 Å². The molecule has 2 N–H and O–H groups in total. The Balaban J connectivity index is 3.12. The maximum absolute atomic E-state index is 12.4. The summed E-state index contributed by atoms with van der Waals surface area (Å²) in [4.78, 5) is 14.3. The van der Waals surface area contributed by atoms with Gasteiger partial charge in [0.2, 0.25) is 0 Å². The Kier molecular flexibility index (Phi) is 5.59. The highest BCUT2D eigenvalue weighted by Gasteiger charge is 2.17. The van der Waals surface area contributed by atoms with E-state index in [1.165, 1.54) is 0 Å². The lowest BCUT2D eigenvalue weighted by Crippen LogP contribution is -2.36. The Morgan fingerprint density at radius 1 is 1.37 bits per heavy atom. The largest absolute Gasteiger partial charge is 0.337 e. The molecule has 102 valence electrons. The zero-order valence-electron chi connectivity index (χ0n) is 12.2. The highest BCUT2D eigenvalue weighted by molar-refractivity contribution is 5.95. The summed E-state index contributed by atoms with van der Waals surface area (Å²) in [7, 11) is 0. The highest BCUT2D eigenvalue weighted by Crippen LogP contribution is 2.13. The molecule has 3 heteroatoms. The molecule has 3 nitrogen and oxygen atoms in total.